The summed E-state index contributed by atoms with van der Waals surface area (Å²) in [6, 6.07) is 0. The molecule has 2 rings (SSSR count). The van der Waals surface area contributed by atoms with Crippen LogP contribution in [0.5, 0.6) is 0 Å². The Balaban J connectivity index is 1.69. The summed E-state index contributed by atoms with van der Waals surface area (Å²) in [6.07, 6.45) is 4.90. The van der Waals surface area contributed by atoms with Crippen LogP contribution in [0.3, 0.4) is 0 Å². The van der Waals surface area contributed by atoms with Crippen LogP contribution in [0.25, 0.3) is 0 Å². The zero-order valence-corrected chi connectivity index (χ0v) is 10.3. The van der Waals surface area contributed by atoms with E-state index in [0.29, 0.717) is 5.92 Å². The fourth-order valence-electron chi connectivity index (χ4n) is 2.20. The second-order valence-electron chi connectivity index (χ2n) is 4.92. The maximum atomic E-state index is 10.8. The number of aromatic nitrogens is 2. The van der Waals surface area contributed by atoms with E-state index in [1.807, 2.05) is 19.4 Å². The number of carbonyl (C=O) groups is 1. The van der Waals surface area contributed by atoms with Crippen molar-refractivity contribution in [3.63, 3.8) is 0 Å². The number of nitrogens with zero attached hydrogens (tertiary/aromatic N) is 3. The van der Waals surface area contributed by atoms with Crippen LogP contribution in [0.2, 0.25) is 0 Å². The Labute approximate surface area is 101 Å². The van der Waals surface area contributed by atoms with Crippen LogP contribution in [0.1, 0.15) is 12.5 Å². The standard InChI is InChI=1S/C12H19N3O2/c1-9(12(16)17)11-7-15(8-11)4-3-10-5-13-14(2)6-10/h5-6,9,11H,3-4,7-8H2,1-2H3,(H,16,17). The van der Waals surface area contributed by atoms with Crippen LogP contribution in [0.4, 0.5) is 0 Å². The molecule has 0 spiro atoms. The molecular weight excluding hydrogens is 218 g/mol. The van der Waals surface area contributed by atoms with Gasteiger partial charge in [0.2, 0.25) is 0 Å². The van der Waals surface area contributed by atoms with E-state index in [1.165, 1.54) is 5.56 Å². The molecule has 1 fully saturated rings. The number of carboxylic acids is 1. The van der Waals surface area contributed by atoms with Gasteiger partial charge in [0.25, 0.3) is 0 Å². The molecule has 0 bridgehead atoms. The van der Waals surface area contributed by atoms with Gasteiger partial charge in [0.1, 0.15) is 0 Å². The zero-order valence-electron chi connectivity index (χ0n) is 10.3. The van der Waals surface area contributed by atoms with Gasteiger partial charge < -0.3 is 10.0 Å². The first-order valence-corrected chi connectivity index (χ1v) is 5.99. The minimum absolute atomic E-state index is 0.218. The predicted molar refractivity (Wildman–Crippen MR) is 63.6 cm³/mol. The molecule has 1 saturated heterocycles. The third-order valence-electron chi connectivity index (χ3n) is 3.56. The van der Waals surface area contributed by atoms with Gasteiger partial charge >= 0.3 is 5.97 Å². The van der Waals surface area contributed by atoms with Crippen molar-refractivity contribution >= 4 is 5.97 Å². The van der Waals surface area contributed by atoms with Gasteiger partial charge in [0.15, 0.2) is 0 Å². The predicted octanol–water partition coefficient (Wildman–Crippen LogP) is 0.615. The molecule has 1 aromatic rings. The Hall–Kier alpha value is -1.36. The van der Waals surface area contributed by atoms with E-state index in [0.717, 1.165) is 26.1 Å². The lowest BCUT2D eigenvalue weighted by molar-refractivity contribution is -0.145. The lowest BCUT2D eigenvalue weighted by Crippen LogP contribution is -2.51. The Morgan fingerprint density at radius 2 is 2.35 bits per heavy atom. The molecule has 1 aliphatic heterocycles. The van der Waals surface area contributed by atoms with Gasteiger partial charge in [-0.3, -0.25) is 9.48 Å². The average Bonchev–Trinajstić information content (AvgIpc) is 2.61. The van der Waals surface area contributed by atoms with E-state index < -0.39 is 5.97 Å². The van der Waals surface area contributed by atoms with E-state index >= 15 is 0 Å². The normalized spacial score (nSPS) is 18.9. The molecule has 5 nitrogen and oxygen atoms in total. The summed E-state index contributed by atoms with van der Waals surface area (Å²) < 4.78 is 1.81. The third kappa shape index (κ3) is 2.85. The lowest BCUT2D eigenvalue weighted by Gasteiger charge is -2.41. The van der Waals surface area contributed by atoms with Gasteiger partial charge in [0.05, 0.1) is 12.1 Å². The fourth-order valence-corrected chi connectivity index (χ4v) is 2.20. The van der Waals surface area contributed by atoms with Crippen molar-refractivity contribution in [2.75, 3.05) is 19.6 Å². The molecule has 94 valence electrons. The van der Waals surface area contributed by atoms with E-state index in [4.69, 9.17) is 5.11 Å². The summed E-state index contributed by atoms with van der Waals surface area (Å²) in [5, 5.41) is 13.0. The highest BCUT2D eigenvalue weighted by molar-refractivity contribution is 5.70. The largest absolute Gasteiger partial charge is 0.481 e. The van der Waals surface area contributed by atoms with Crippen molar-refractivity contribution in [3.8, 4) is 0 Å². The van der Waals surface area contributed by atoms with Crippen LogP contribution >= 0.6 is 0 Å². The molecule has 1 unspecified atom stereocenters. The minimum atomic E-state index is -0.679. The maximum absolute atomic E-state index is 10.8. The average molecular weight is 237 g/mol. The molecule has 1 aromatic heterocycles. The molecule has 1 aliphatic rings. The molecule has 2 heterocycles. The van der Waals surface area contributed by atoms with Gasteiger partial charge in [0, 0.05) is 32.9 Å². The number of aryl methyl sites for hydroxylation is 1. The number of hydrogen-bond donors (Lipinski definition) is 1. The number of likely N-dealkylation sites (tertiary alicyclic amines) is 1. The molecule has 1 atom stereocenters. The molecule has 0 aromatic carbocycles. The zero-order chi connectivity index (χ0) is 12.4. The summed E-state index contributed by atoms with van der Waals surface area (Å²) in [5.74, 6) is -0.576. The summed E-state index contributed by atoms with van der Waals surface area (Å²) in [4.78, 5) is 13.1. The number of carboxylic acid groups (broad SMARTS) is 1. The molecule has 0 aliphatic carbocycles. The minimum Gasteiger partial charge on any atom is -0.481 e. The highest BCUT2D eigenvalue weighted by Crippen LogP contribution is 2.23. The first-order valence-electron chi connectivity index (χ1n) is 5.99. The molecule has 5 heteroatoms. The summed E-state index contributed by atoms with van der Waals surface area (Å²) in [7, 11) is 1.91. The van der Waals surface area contributed by atoms with Gasteiger partial charge in [-0.15, -0.1) is 0 Å². The lowest BCUT2D eigenvalue weighted by atomic mass is 9.87. The third-order valence-corrected chi connectivity index (χ3v) is 3.56. The van der Waals surface area contributed by atoms with Crippen molar-refractivity contribution in [1.82, 2.24) is 14.7 Å². The Kier molecular flexibility index (Phi) is 3.47. The number of hydrogen-bond acceptors (Lipinski definition) is 3. The SMILES string of the molecule is CC(C(=O)O)C1CN(CCc2cnn(C)c2)C1. The van der Waals surface area contributed by atoms with E-state index in [1.54, 1.807) is 11.6 Å². The summed E-state index contributed by atoms with van der Waals surface area (Å²) >= 11 is 0. The van der Waals surface area contributed by atoms with Gasteiger partial charge in [-0.05, 0) is 17.9 Å². The van der Waals surface area contributed by atoms with Crippen LogP contribution in [-0.4, -0.2) is 45.4 Å². The molecule has 0 saturated carbocycles. The van der Waals surface area contributed by atoms with E-state index in [-0.39, 0.29) is 5.92 Å². The van der Waals surface area contributed by atoms with Crippen molar-refractivity contribution < 1.29 is 9.90 Å². The quantitative estimate of drug-likeness (QED) is 0.815. The van der Waals surface area contributed by atoms with E-state index in [2.05, 4.69) is 10.00 Å². The summed E-state index contributed by atoms with van der Waals surface area (Å²) in [6.45, 7) is 4.61. The van der Waals surface area contributed by atoms with Crippen molar-refractivity contribution in [1.29, 1.82) is 0 Å². The van der Waals surface area contributed by atoms with Crippen LogP contribution in [0, 0.1) is 11.8 Å². The first-order chi connectivity index (χ1) is 8.06. The monoisotopic (exact) mass is 237 g/mol. The second-order valence-corrected chi connectivity index (χ2v) is 4.92. The van der Waals surface area contributed by atoms with Crippen molar-refractivity contribution in [2.24, 2.45) is 18.9 Å². The molecule has 1 N–H and O–H groups in total. The molecule has 17 heavy (non-hydrogen) atoms. The highest BCUT2D eigenvalue weighted by atomic mass is 16.4. The van der Waals surface area contributed by atoms with Gasteiger partial charge in [-0.2, -0.15) is 5.10 Å². The highest BCUT2D eigenvalue weighted by Gasteiger charge is 2.34. The van der Waals surface area contributed by atoms with E-state index in [9.17, 15) is 4.79 Å². The van der Waals surface area contributed by atoms with Crippen molar-refractivity contribution in [3.05, 3.63) is 18.0 Å². The topological polar surface area (TPSA) is 58.4 Å². The second kappa shape index (κ2) is 4.87. The number of rotatable bonds is 5. The first kappa shape index (κ1) is 12.1. The van der Waals surface area contributed by atoms with Crippen LogP contribution < -0.4 is 0 Å². The fraction of sp³-hybridized carbons (Fsp3) is 0.667. The van der Waals surface area contributed by atoms with Gasteiger partial charge in [-0.25, -0.2) is 0 Å². The van der Waals surface area contributed by atoms with Crippen LogP contribution in [-0.2, 0) is 18.3 Å². The molecular formula is C12H19N3O2. The Morgan fingerprint density at radius 3 is 2.88 bits per heavy atom. The Morgan fingerprint density at radius 1 is 1.65 bits per heavy atom. The molecule has 0 radical (unpaired) electrons. The Bertz CT molecular complexity index is 396. The van der Waals surface area contributed by atoms with Crippen molar-refractivity contribution in [2.45, 2.75) is 13.3 Å². The van der Waals surface area contributed by atoms with Crippen LogP contribution in [0.15, 0.2) is 12.4 Å². The smallest absolute Gasteiger partial charge is 0.306 e. The maximum Gasteiger partial charge on any atom is 0.306 e. The molecule has 0 amide bonds. The number of aliphatic carboxylic acids is 1. The van der Waals surface area contributed by atoms with Gasteiger partial charge in [-0.1, -0.05) is 6.92 Å². The summed E-state index contributed by atoms with van der Waals surface area (Å²) in [5.41, 5.74) is 1.24.